The van der Waals surface area contributed by atoms with Gasteiger partial charge in [-0.25, -0.2) is 0 Å². The highest BCUT2D eigenvalue weighted by molar-refractivity contribution is 5.78. The second-order valence-electron chi connectivity index (χ2n) is 3.67. The lowest BCUT2D eigenvalue weighted by Crippen LogP contribution is -2.20. The third kappa shape index (κ3) is 3.77. The van der Waals surface area contributed by atoms with Crippen LogP contribution in [0, 0.1) is 0 Å². The fraction of sp³-hybridized carbons (Fsp3) is 0.308. The number of methoxy groups -OCH3 is 1. The maximum Gasteiger partial charge on any atom is 0.225 e. The monoisotopic (exact) mass is 219 g/mol. The molecule has 1 aromatic carbocycles. The van der Waals surface area contributed by atoms with Crippen LogP contribution in [0.4, 0.5) is 0 Å². The average Bonchev–Trinajstić information content (AvgIpc) is 2.29. The van der Waals surface area contributed by atoms with Crippen LogP contribution in [0.15, 0.2) is 30.3 Å². The number of hydrogen-bond donors (Lipinski definition) is 0. The zero-order valence-corrected chi connectivity index (χ0v) is 9.93. The van der Waals surface area contributed by atoms with E-state index in [1.807, 2.05) is 36.4 Å². The first-order valence-corrected chi connectivity index (χ1v) is 5.14. The highest BCUT2D eigenvalue weighted by Crippen LogP contribution is 2.12. The molecule has 0 aliphatic carbocycles. The van der Waals surface area contributed by atoms with Gasteiger partial charge >= 0.3 is 0 Å². The van der Waals surface area contributed by atoms with Gasteiger partial charge in [-0.15, -0.1) is 0 Å². The molecule has 0 fully saturated rings. The van der Waals surface area contributed by atoms with Crippen molar-refractivity contribution in [2.75, 3.05) is 21.2 Å². The largest absolute Gasteiger partial charge is 0.497 e. The molecule has 16 heavy (non-hydrogen) atoms. The Morgan fingerprint density at radius 3 is 2.44 bits per heavy atom. The SMILES string of the molecule is COc1ccc(/C=C/CC(=O)N(C)C)cc1. The van der Waals surface area contributed by atoms with Crippen molar-refractivity contribution in [3.05, 3.63) is 35.9 Å². The minimum absolute atomic E-state index is 0.102. The molecule has 86 valence electrons. The fourth-order valence-electron chi connectivity index (χ4n) is 1.19. The molecule has 1 aromatic rings. The Labute approximate surface area is 96.3 Å². The molecular weight excluding hydrogens is 202 g/mol. The van der Waals surface area contributed by atoms with Gasteiger partial charge in [-0.3, -0.25) is 4.79 Å². The predicted molar refractivity (Wildman–Crippen MR) is 65.3 cm³/mol. The number of amides is 1. The Morgan fingerprint density at radius 2 is 1.94 bits per heavy atom. The third-order valence-corrected chi connectivity index (χ3v) is 2.22. The Kier molecular flexibility index (Phi) is 4.58. The summed E-state index contributed by atoms with van der Waals surface area (Å²) >= 11 is 0. The van der Waals surface area contributed by atoms with Crippen molar-refractivity contribution >= 4 is 12.0 Å². The number of benzene rings is 1. The van der Waals surface area contributed by atoms with E-state index in [1.165, 1.54) is 0 Å². The van der Waals surface area contributed by atoms with Crippen LogP contribution in [-0.2, 0) is 4.79 Å². The van der Waals surface area contributed by atoms with Crippen LogP contribution in [0.1, 0.15) is 12.0 Å². The van der Waals surface area contributed by atoms with Crippen molar-refractivity contribution in [2.45, 2.75) is 6.42 Å². The molecule has 0 bridgehead atoms. The van der Waals surface area contributed by atoms with E-state index in [4.69, 9.17) is 4.74 Å². The zero-order valence-electron chi connectivity index (χ0n) is 9.93. The Bertz CT molecular complexity index is 366. The maximum atomic E-state index is 11.3. The quantitative estimate of drug-likeness (QED) is 0.776. The second kappa shape index (κ2) is 5.95. The summed E-state index contributed by atoms with van der Waals surface area (Å²) in [5, 5.41) is 0. The first kappa shape index (κ1) is 12.3. The van der Waals surface area contributed by atoms with E-state index in [0.29, 0.717) is 6.42 Å². The molecule has 3 nitrogen and oxygen atoms in total. The topological polar surface area (TPSA) is 29.5 Å². The molecule has 1 rings (SSSR count). The van der Waals surface area contributed by atoms with Gasteiger partial charge in [-0.2, -0.15) is 0 Å². The van der Waals surface area contributed by atoms with Crippen molar-refractivity contribution < 1.29 is 9.53 Å². The van der Waals surface area contributed by atoms with E-state index in [0.717, 1.165) is 11.3 Å². The van der Waals surface area contributed by atoms with Gasteiger partial charge in [0.05, 0.1) is 7.11 Å². The molecule has 1 amide bonds. The minimum atomic E-state index is 0.102. The van der Waals surface area contributed by atoms with Gasteiger partial charge in [0.2, 0.25) is 5.91 Å². The number of hydrogen-bond acceptors (Lipinski definition) is 2. The number of nitrogens with zero attached hydrogens (tertiary/aromatic N) is 1. The van der Waals surface area contributed by atoms with Gasteiger partial charge in [-0.1, -0.05) is 24.3 Å². The summed E-state index contributed by atoms with van der Waals surface area (Å²) < 4.78 is 5.06. The normalized spacial score (nSPS) is 10.4. The van der Waals surface area contributed by atoms with Crippen LogP contribution in [0.2, 0.25) is 0 Å². The van der Waals surface area contributed by atoms with E-state index in [-0.39, 0.29) is 5.91 Å². The van der Waals surface area contributed by atoms with Crippen LogP contribution in [-0.4, -0.2) is 32.0 Å². The molecular formula is C13H17NO2. The smallest absolute Gasteiger partial charge is 0.225 e. The van der Waals surface area contributed by atoms with Crippen molar-refractivity contribution in [2.24, 2.45) is 0 Å². The molecule has 0 radical (unpaired) electrons. The van der Waals surface area contributed by atoms with Crippen molar-refractivity contribution in [1.82, 2.24) is 4.90 Å². The first-order chi connectivity index (χ1) is 7.63. The number of carbonyl (C=O) groups excluding carboxylic acids is 1. The molecule has 0 heterocycles. The molecule has 0 aliphatic rings. The molecule has 0 spiro atoms. The molecule has 0 atom stereocenters. The van der Waals surface area contributed by atoms with Gasteiger partial charge in [-0.05, 0) is 17.7 Å². The van der Waals surface area contributed by atoms with Crippen LogP contribution < -0.4 is 4.74 Å². The summed E-state index contributed by atoms with van der Waals surface area (Å²) in [7, 11) is 5.15. The number of carbonyl (C=O) groups is 1. The fourth-order valence-corrected chi connectivity index (χ4v) is 1.19. The third-order valence-electron chi connectivity index (χ3n) is 2.22. The van der Waals surface area contributed by atoms with Crippen molar-refractivity contribution in [3.63, 3.8) is 0 Å². The molecule has 0 N–H and O–H groups in total. The number of rotatable bonds is 4. The summed E-state index contributed by atoms with van der Waals surface area (Å²) in [5.41, 5.74) is 1.06. The predicted octanol–water partition coefficient (Wildman–Crippen LogP) is 2.19. The first-order valence-electron chi connectivity index (χ1n) is 5.14. The van der Waals surface area contributed by atoms with Crippen LogP contribution in [0.5, 0.6) is 5.75 Å². The zero-order chi connectivity index (χ0) is 12.0. The summed E-state index contributed by atoms with van der Waals surface area (Å²) in [6.07, 6.45) is 4.23. The van der Waals surface area contributed by atoms with Crippen molar-refractivity contribution in [1.29, 1.82) is 0 Å². The van der Waals surface area contributed by atoms with Gasteiger partial charge in [0.25, 0.3) is 0 Å². The van der Waals surface area contributed by atoms with Gasteiger partial charge in [0.15, 0.2) is 0 Å². The summed E-state index contributed by atoms with van der Waals surface area (Å²) in [4.78, 5) is 12.9. The molecule has 0 aliphatic heterocycles. The molecule has 0 saturated heterocycles. The highest BCUT2D eigenvalue weighted by Gasteiger charge is 1.99. The van der Waals surface area contributed by atoms with E-state index >= 15 is 0 Å². The van der Waals surface area contributed by atoms with Crippen LogP contribution in [0.25, 0.3) is 6.08 Å². The van der Waals surface area contributed by atoms with E-state index < -0.39 is 0 Å². The Hall–Kier alpha value is -1.77. The molecule has 0 saturated carbocycles. The van der Waals surface area contributed by atoms with Crippen LogP contribution >= 0.6 is 0 Å². The van der Waals surface area contributed by atoms with Gasteiger partial charge < -0.3 is 9.64 Å². The lowest BCUT2D eigenvalue weighted by molar-refractivity contribution is -0.127. The molecule has 0 unspecified atom stereocenters. The Balaban J connectivity index is 2.53. The number of ether oxygens (including phenoxy) is 1. The lowest BCUT2D eigenvalue weighted by Gasteiger charge is -2.07. The van der Waals surface area contributed by atoms with E-state index in [1.54, 1.807) is 26.1 Å². The Morgan fingerprint density at radius 1 is 1.31 bits per heavy atom. The lowest BCUT2D eigenvalue weighted by atomic mass is 10.2. The standard InChI is InChI=1S/C13H17NO2/c1-14(2)13(15)6-4-5-11-7-9-12(16-3)10-8-11/h4-5,7-10H,6H2,1-3H3/b5-4+. The summed E-state index contributed by atoms with van der Waals surface area (Å²) in [6, 6.07) is 7.70. The van der Waals surface area contributed by atoms with Crippen molar-refractivity contribution in [3.8, 4) is 5.75 Å². The van der Waals surface area contributed by atoms with Crippen LogP contribution in [0.3, 0.4) is 0 Å². The van der Waals surface area contributed by atoms with E-state index in [9.17, 15) is 4.79 Å². The summed E-state index contributed by atoms with van der Waals surface area (Å²) in [5.74, 6) is 0.936. The van der Waals surface area contributed by atoms with Gasteiger partial charge in [0, 0.05) is 20.5 Å². The summed E-state index contributed by atoms with van der Waals surface area (Å²) in [6.45, 7) is 0. The average molecular weight is 219 g/mol. The maximum absolute atomic E-state index is 11.3. The minimum Gasteiger partial charge on any atom is -0.497 e. The molecule has 0 aromatic heterocycles. The molecule has 3 heteroatoms. The highest BCUT2D eigenvalue weighted by atomic mass is 16.5. The van der Waals surface area contributed by atoms with E-state index in [2.05, 4.69) is 0 Å². The second-order valence-corrected chi connectivity index (χ2v) is 3.67. The van der Waals surface area contributed by atoms with Gasteiger partial charge in [0.1, 0.15) is 5.75 Å².